The zero-order valence-electron chi connectivity index (χ0n) is 17.9. The lowest BCUT2D eigenvalue weighted by atomic mass is 10.1. The molecule has 0 aliphatic carbocycles. The van der Waals surface area contributed by atoms with E-state index in [2.05, 4.69) is 20.4 Å². The minimum absolute atomic E-state index is 0.332. The van der Waals surface area contributed by atoms with Gasteiger partial charge in [0.25, 0.3) is 5.91 Å². The van der Waals surface area contributed by atoms with Crippen molar-refractivity contribution < 1.29 is 14.3 Å². The third-order valence-electron chi connectivity index (χ3n) is 5.12. The number of nitrogens with zero attached hydrogens (tertiary/aromatic N) is 4. The van der Waals surface area contributed by atoms with Crippen LogP contribution in [0.25, 0.3) is 28.2 Å². The predicted molar refractivity (Wildman–Crippen MR) is 127 cm³/mol. The molecule has 1 amide bonds. The van der Waals surface area contributed by atoms with Crippen LogP contribution in [0.3, 0.4) is 0 Å². The summed E-state index contributed by atoms with van der Waals surface area (Å²) in [6.45, 7) is 0. The summed E-state index contributed by atoms with van der Waals surface area (Å²) in [6.07, 6.45) is 3.19. The van der Waals surface area contributed by atoms with Crippen LogP contribution in [0.4, 0.5) is 5.13 Å². The van der Waals surface area contributed by atoms with Crippen molar-refractivity contribution in [2.75, 3.05) is 19.5 Å². The highest BCUT2D eigenvalue weighted by Gasteiger charge is 2.18. The average molecular weight is 458 g/mol. The summed E-state index contributed by atoms with van der Waals surface area (Å²) in [6, 6.07) is 17.2. The van der Waals surface area contributed by atoms with Gasteiger partial charge in [0.15, 0.2) is 10.8 Å². The number of methoxy groups -OCH3 is 2. The molecular formula is C24H19N5O3S. The van der Waals surface area contributed by atoms with Crippen molar-refractivity contribution in [3.8, 4) is 34.0 Å². The predicted octanol–water partition coefficient (Wildman–Crippen LogP) is 4.79. The Labute approximate surface area is 193 Å². The van der Waals surface area contributed by atoms with Crippen LogP contribution in [0, 0.1) is 0 Å². The molecular weight excluding hydrogens is 438 g/mol. The first-order chi connectivity index (χ1) is 16.2. The molecule has 0 bridgehead atoms. The van der Waals surface area contributed by atoms with Crippen LogP contribution in [-0.2, 0) is 0 Å². The highest BCUT2D eigenvalue weighted by atomic mass is 32.1. The summed E-state index contributed by atoms with van der Waals surface area (Å²) in [5.41, 5.74) is 4.12. The lowest BCUT2D eigenvalue weighted by Gasteiger charge is -2.08. The summed E-state index contributed by atoms with van der Waals surface area (Å²) >= 11 is 1.32. The molecule has 1 N–H and O–H groups in total. The number of carbonyl (C=O) groups excluding carboxylic acids is 1. The monoisotopic (exact) mass is 457 g/mol. The zero-order chi connectivity index (χ0) is 22.8. The van der Waals surface area contributed by atoms with E-state index in [9.17, 15) is 4.79 Å². The number of benzene rings is 2. The van der Waals surface area contributed by atoms with Crippen LogP contribution < -0.4 is 14.8 Å². The molecule has 0 saturated carbocycles. The Bertz CT molecular complexity index is 1450. The number of amides is 1. The van der Waals surface area contributed by atoms with Crippen LogP contribution >= 0.6 is 11.3 Å². The molecule has 0 spiro atoms. The van der Waals surface area contributed by atoms with Gasteiger partial charge in [-0.2, -0.15) is 5.10 Å². The third-order valence-corrected chi connectivity index (χ3v) is 5.88. The number of fused-ring (bicyclic) bond motifs is 1. The summed E-state index contributed by atoms with van der Waals surface area (Å²) in [4.78, 5) is 22.0. The Morgan fingerprint density at radius 3 is 2.70 bits per heavy atom. The normalized spacial score (nSPS) is 10.8. The Hall–Kier alpha value is -4.24. The molecule has 0 aliphatic rings. The number of aromatic nitrogens is 4. The first kappa shape index (κ1) is 20.7. The molecule has 164 valence electrons. The number of hydrogen-bond acceptors (Lipinski definition) is 7. The van der Waals surface area contributed by atoms with Gasteiger partial charge in [-0.3, -0.25) is 10.1 Å². The minimum Gasteiger partial charge on any atom is -0.497 e. The van der Waals surface area contributed by atoms with Crippen LogP contribution in [0.15, 0.2) is 72.4 Å². The maximum atomic E-state index is 13.0. The number of rotatable bonds is 6. The van der Waals surface area contributed by atoms with Gasteiger partial charge >= 0.3 is 0 Å². The van der Waals surface area contributed by atoms with E-state index in [4.69, 9.17) is 9.47 Å². The van der Waals surface area contributed by atoms with E-state index in [1.54, 1.807) is 24.9 Å². The number of nitrogens with one attached hydrogen (secondary N) is 1. The van der Waals surface area contributed by atoms with E-state index in [1.165, 1.54) is 17.5 Å². The maximum Gasteiger partial charge on any atom is 0.262 e. The van der Waals surface area contributed by atoms with Crippen molar-refractivity contribution in [1.82, 2.24) is 19.6 Å². The van der Waals surface area contributed by atoms with Crippen LogP contribution in [-0.4, -0.2) is 39.7 Å². The average Bonchev–Trinajstić information content (AvgIpc) is 3.51. The van der Waals surface area contributed by atoms with Gasteiger partial charge in [-0.05, 0) is 24.3 Å². The molecule has 9 heteroatoms. The van der Waals surface area contributed by atoms with E-state index in [1.807, 2.05) is 60.0 Å². The van der Waals surface area contributed by atoms with Crippen LogP contribution in [0.5, 0.6) is 11.5 Å². The van der Waals surface area contributed by atoms with Gasteiger partial charge in [0.2, 0.25) is 0 Å². The smallest absolute Gasteiger partial charge is 0.262 e. The maximum absolute atomic E-state index is 13.0. The van der Waals surface area contributed by atoms with Crippen molar-refractivity contribution in [2.24, 2.45) is 0 Å². The lowest BCUT2D eigenvalue weighted by molar-refractivity contribution is 0.102. The molecule has 0 aliphatic heterocycles. The minimum atomic E-state index is -0.332. The van der Waals surface area contributed by atoms with Gasteiger partial charge in [0.1, 0.15) is 17.1 Å². The van der Waals surface area contributed by atoms with Gasteiger partial charge in [0, 0.05) is 22.7 Å². The van der Waals surface area contributed by atoms with Gasteiger partial charge in [-0.25, -0.2) is 14.5 Å². The Morgan fingerprint density at radius 1 is 1.06 bits per heavy atom. The number of anilines is 1. The SMILES string of the molecule is COc1ccc(OC)c(-c2csc(NC(=O)c3cnn4c(-c5ccccc5)ccnc34)n2)c1. The summed E-state index contributed by atoms with van der Waals surface area (Å²) in [5.74, 6) is 1.02. The molecule has 2 aromatic carbocycles. The summed E-state index contributed by atoms with van der Waals surface area (Å²) in [7, 11) is 3.20. The molecule has 0 radical (unpaired) electrons. The van der Waals surface area contributed by atoms with Crippen molar-refractivity contribution in [3.63, 3.8) is 0 Å². The van der Waals surface area contributed by atoms with E-state index < -0.39 is 0 Å². The third kappa shape index (κ3) is 3.90. The number of ether oxygens (including phenoxy) is 2. The first-order valence-corrected chi connectivity index (χ1v) is 10.9. The molecule has 5 rings (SSSR count). The van der Waals surface area contributed by atoms with Crippen molar-refractivity contribution in [1.29, 1.82) is 0 Å². The first-order valence-electron chi connectivity index (χ1n) is 10.1. The molecule has 0 saturated heterocycles. The second-order valence-electron chi connectivity index (χ2n) is 7.05. The van der Waals surface area contributed by atoms with Gasteiger partial charge in [-0.15, -0.1) is 11.3 Å². The number of thiazole rings is 1. The van der Waals surface area contributed by atoms with E-state index in [-0.39, 0.29) is 5.91 Å². The van der Waals surface area contributed by atoms with Crippen molar-refractivity contribution in [2.45, 2.75) is 0 Å². The number of carbonyl (C=O) groups is 1. The second kappa shape index (κ2) is 8.71. The Morgan fingerprint density at radius 2 is 1.91 bits per heavy atom. The summed E-state index contributed by atoms with van der Waals surface area (Å²) < 4.78 is 12.4. The van der Waals surface area contributed by atoms with Gasteiger partial charge in [0.05, 0.1) is 31.8 Å². The fourth-order valence-electron chi connectivity index (χ4n) is 3.51. The standard InChI is InChI=1S/C24H19N5O3S/c1-31-16-8-9-21(32-2)17(12-16)19-14-33-24(27-19)28-23(30)18-13-26-29-20(10-11-25-22(18)29)15-6-4-3-5-7-15/h3-14H,1-2H3,(H,27,28,30). The lowest BCUT2D eigenvalue weighted by Crippen LogP contribution is -2.12. The molecule has 3 aromatic heterocycles. The Kier molecular flexibility index (Phi) is 5.45. The fraction of sp³-hybridized carbons (Fsp3) is 0.0833. The molecule has 33 heavy (non-hydrogen) atoms. The van der Waals surface area contributed by atoms with E-state index >= 15 is 0 Å². The van der Waals surface area contributed by atoms with Crippen LogP contribution in [0.2, 0.25) is 0 Å². The van der Waals surface area contributed by atoms with Crippen LogP contribution in [0.1, 0.15) is 10.4 Å². The molecule has 0 fully saturated rings. The Balaban J connectivity index is 1.43. The molecule has 0 atom stereocenters. The number of hydrogen-bond donors (Lipinski definition) is 1. The molecule has 5 aromatic rings. The fourth-order valence-corrected chi connectivity index (χ4v) is 4.22. The van der Waals surface area contributed by atoms with Crippen molar-refractivity contribution in [3.05, 3.63) is 77.9 Å². The second-order valence-corrected chi connectivity index (χ2v) is 7.91. The highest BCUT2D eigenvalue weighted by Crippen LogP contribution is 2.35. The quantitative estimate of drug-likeness (QED) is 0.394. The van der Waals surface area contributed by atoms with E-state index in [0.717, 1.165) is 16.8 Å². The largest absolute Gasteiger partial charge is 0.497 e. The molecule has 3 heterocycles. The molecule has 0 unspecified atom stereocenters. The topological polar surface area (TPSA) is 90.6 Å². The van der Waals surface area contributed by atoms with Gasteiger partial charge in [-0.1, -0.05) is 30.3 Å². The van der Waals surface area contributed by atoms with Crippen molar-refractivity contribution >= 4 is 28.0 Å². The molecule has 8 nitrogen and oxygen atoms in total. The highest BCUT2D eigenvalue weighted by molar-refractivity contribution is 7.14. The van der Waals surface area contributed by atoms with E-state index in [0.29, 0.717) is 33.5 Å². The van der Waals surface area contributed by atoms with Gasteiger partial charge < -0.3 is 9.47 Å². The summed E-state index contributed by atoms with van der Waals surface area (Å²) in [5, 5.41) is 9.57. The zero-order valence-corrected chi connectivity index (χ0v) is 18.7.